The molecule has 1 atom stereocenters. The molecule has 1 amide bonds. The fourth-order valence-corrected chi connectivity index (χ4v) is 5.13. The molecule has 0 aliphatic carbocycles. The summed E-state index contributed by atoms with van der Waals surface area (Å²) in [7, 11) is -1.89. The molecule has 4 rings (SSSR count). The van der Waals surface area contributed by atoms with E-state index in [1.807, 2.05) is 30.3 Å². The Labute approximate surface area is 159 Å². The molecule has 1 unspecified atom stereocenters. The van der Waals surface area contributed by atoms with Crippen molar-refractivity contribution in [2.24, 2.45) is 0 Å². The van der Waals surface area contributed by atoms with Gasteiger partial charge in [0.05, 0.1) is 17.6 Å². The van der Waals surface area contributed by atoms with Crippen molar-refractivity contribution in [1.82, 2.24) is 4.31 Å². The van der Waals surface area contributed by atoms with Crippen LogP contribution in [0.15, 0.2) is 53.4 Å². The van der Waals surface area contributed by atoms with E-state index in [-0.39, 0.29) is 16.9 Å². The summed E-state index contributed by atoms with van der Waals surface area (Å²) in [5.41, 5.74) is 2.66. The molecule has 7 heteroatoms. The number of carbonyl (C=O) groups excluding carboxylic acids is 1. The fourth-order valence-electron chi connectivity index (χ4n) is 3.66. The lowest BCUT2D eigenvalue weighted by Gasteiger charge is -2.33. The van der Waals surface area contributed by atoms with Crippen LogP contribution in [0.2, 0.25) is 0 Å². The zero-order valence-electron chi connectivity index (χ0n) is 15.2. The Morgan fingerprint density at radius 2 is 1.85 bits per heavy atom. The maximum Gasteiger partial charge on any atom is 0.243 e. The normalized spacial score (nSPS) is 21.1. The van der Waals surface area contributed by atoms with Gasteiger partial charge in [-0.1, -0.05) is 30.3 Å². The van der Waals surface area contributed by atoms with Crippen LogP contribution in [0.4, 0.5) is 5.69 Å². The molecule has 6 nitrogen and oxygen atoms in total. The van der Waals surface area contributed by atoms with Crippen LogP contribution in [0.5, 0.6) is 0 Å². The van der Waals surface area contributed by atoms with Gasteiger partial charge in [0.1, 0.15) is 0 Å². The molecule has 0 bridgehead atoms. The van der Waals surface area contributed by atoms with Crippen LogP contribution in [0.25, 0.3) is 0 Å². The molecule has 2 aromatic rings. The Kier molecular flexibility index (Phi) is 4.75. The molecular weight excluding hydrogens is 364 g/mol. The average Bonchev–Trinajstić information content (AvgIpc) is 2.71. The van der Waals surface area contributed by atoms with E-state index in [1.54, 1.807) is 30.1 Å². The second-order valence-corrected chi connectivity index (χ2v) is 8.81. The van der Waals surface area contributed by atoms with E-state index in [9.17, 15) is 13.2 Å². The van der Waals surface area contributed by atoms with E-state index < -0.39 is 10.0 Å². The number of amides is 1. The van der Waals surface area contributed by atoms with Gasteiger partial charge in [0.2, 0.25) is 15.9 Å². The largest absolute Gasteiger partial charge is 0.371 e. The highest BCUT2D eigenvalue weighted by Gasteiger charge is 2.32. The number of morpholine rings is 1. The number of hydrogen-bond donors (Lipinski definition) is 0. The minimum Gasteiger partial charge on any atom is -0.371 e. The Morgan fingerprint density at radius 1 is 1.07 bits per heavy atom. The van der Waals surface area contributed by atoms with Gasteiger partial charge in [-0.05, 0) is 35.7 Å². The van der Waals surface area contributed by atoms with E-state index in [2.05, 4.69) is 0 Å². The molecule has 0 radical (unpaired) electrons. The van der Waals surface area contributed by atoms with Gasteiger partial charge in [-0.25, -0.2) is 8.42 Å². The lowest BCUT2D eigenvalue weighted by molar-refractivity contribution is -0.118. The minimum absolute atomic E-state index is 0.0528. The second-order valence-electron chi connectivity index (χ2n) is 6.88. The first-order valence-electron chi connectivity index (χ1n) is 9.03. The Morgan fingerprint density at radius 3 is 2.63 bits per heavy atom. The Hall–Kier alpha value is -2.22. The Bertz CT molecular complexity index is 959. The number of fused-ring (bicyclic) bond motifs is 1. The number of benzene rings is 2. The molecular formula is C20H22N2O4S. The van der Waals surface area contributed by atoms with Crippen molar-refractivity contribution in [3.63, 3.8) is 0 Å². The minimum atomic E-state index is -3.62. The number of hydrogen-bond acceptors (Lipinski definition) is 4. The third kappa shape index (κ3) is 3.38. The van der Waals surface area contributed by atoms with Gasteiger partial charge in [-0.15, -0.1) is 0 Å². The molecule has 1 saturated heterocycles. The summed E-state index contributed by atoms with van der Waals surface area (Å²) in [6.07, 6.45) is 0.703. The van der Waals surface area contributed by atoms with Crippen LogP contribution in [0, 0.1) is 0 Å². The lowest BCUT2D eigenvalue weighted by Crippen LogP contribution is -2.42. The molecule has 142 valence electrons. The summed E-state index contributed by atoms with van der Waals surface area (Å²) in [4.78, 5) is 13.7. The lowest BCUT2D eigenvalue weighted by atomic mass is 10.0. The number of ether oxygens (including phenoxy) is 1. The first-order chi connectivity index (χ1) is 13.0. The molecule has 0 N–H and O–H groups in total. The van der Waals surface area contributed by atoms with Crippen LogP contribution in [0.3, 0.4) is 0 Å². The molecule has 2 aromatic carbocycles. The molecule has 2 aliphatic rings. The highest BCUT2D eigenvalue weighted by molar-refractivity contribution is 7.89. The summed E-state index contributed by atoms with van der Waals surface area (Å²) in [6, 6.07) is 14.7. The van der Waals surface area contributed by atoms with E-state index in [1.165, 1.54) is 4.31 Å². The number of sulfonamides is 1. The van der Waals surface area contributed by atoms with Crippen molar-refractivity contribution in [3.8, 4) is 0 Å². The van der Waals surface area contributed by atoms with Gasteiger partial charge >= 0.3 is 0 Å². The first kappa shape index (κ1) is 18.2. The Balaban J connectivity index is 1.61. The average molecular weight is 386 g/mol. The van der Waals surface area contributed by atoms with Crippen molar-refractivity contribution in [1.29, 1.82) is 0 Å². The number of aryl methyl sites for hydroxylation is 1. The highest BCUT2D eigenvalue weighted by atomic mass is 32.2. The highest BCUT2D eigenvalue weighted by Crippen LogP contribution is 2.31. The van der Waals surface area contributed by atoms with Crippen molar-refractivity contribution in [2.45, 2.75) is 23.8 Å². The summed E-state index contributed by atoms with van der Waals surface area (Å²) in [5, 5.41) is 0. The topological polar surface area (TPSA) is 66.9 Å². The maximum absolute atomic E-state index is 13.2. The quantitative estimate of drug-likeness (QED) is 0.812. The van der Waals surface area contributed by atoms with Gasteiger partial charge in [0, 0.05) is 32.2 Å². The van der Waals surface area contributed by atoms with E-state index in [4.69, 9.17) is 4.74 Å². The van der Waals surface area contributed by atoms with Crippen molar-refractivity contribution < 1.29 is 17.9 Å². The third-order valence-electron chi connectivity index (χ3n) is 5.23. The standard InChI is InChI=1S/C20H22N2O4S/c1-21-18-9-8-17(13-16(18)7-10-20(21)23)27(24,25)22-11-12-26-19(14-22)15-5-3-2-4-6-15/h2-6,8-9,13,19H,7,10-12,14H2,1H3. The van der Waals surface area contributed by atoms with Gasteiger partial charge in [-0.2, -0.15) is 4.31 Å². The summed E-state index contributed by atoms with van der Waals surface area (Å²) in [6.45, 7) is 0.990. The van der Waals surface area contributed by atoms with Crippen LogP contribution < -0.4 is 4.90 Å². The predicted molar refractivity (Wildman–Crippen MR) is 102 cm³/mol. The van der Waals surface area contributed by atoms with Crippen molar-refractivity contribution >= 4 is 21.6 Å². The number of carbonyl (C=O) groups is 1. The summed E-state index contributed by atoms with van der Waals surface area (Å²) >= 11 is 0. The smallest absolute Gasteiger partial charge is 0.243 e. The SMILES string of the molecule is CN1C(=O)CCc2cc(S(=O)(=O)N3CCOC(c4ccccc4)C3)ccc21. The third-order valence-corrected chi connectivity index (χ3v) is 7.09. The van der Waals surface area contributed by atoms with E-state index in [0.29, 0.717) is 32.5 Å². The monoisotopic (exact) mass is 386 g/mol. The van der Waals surface area contributed by atoms with Gasteiger partial charge in [0.25, 0.3) is 0 Å². The van der Waals surface area contributed by atoms with Crippen LogP contribution >= 0.6 is 0 Å². The van der Waals surface area contributed by atoms with Crippen molar-refractivity contribution in [2.75, 3.05) is 31.6 Å². The van der Waals surface area contributed by atoms with Crippen LogP contribution in [-0.2, 0) is 26.0 Å². The zero-order chi connectivity index (χ0) is 19.0. The zero-order valence-corrected chi connectivity index (χ0v) is 16.0. The number of nitrogens with zero attached hydrogens (tertiary/aromatic N) is 2. The first-order valence-corrected chi connectivity index (χ1v) is 10.5. The van der Waals surface area contributed by atoms with Crippen LogP contribution in [0.1, 0.15) is 23.7 Å². The predicted octanol–water partition coefficient (Wildman–Crippen LogP) is 2.36. The maximum atomic E-state index is 13.2. The summed E-state index contributed by atoms with van der Waals surface area (Å²) < 4.78 is 33.7. The van der Waals surface area contributed by atoms with Gasteiger partial charge in [-0.3, -0.25) is 4.79 Å². The second kappa shape index (κ2) is 7.07. The molecule has 0 saturated carbocycles. The molecule has 27 heavy (non-hydrogen) atoms. The molecule has 1 fully saturated rings. The fraction of sp³-hybridized carbons (Fsp3) is 0.350. The number of rotatable bonds is 3. The summed E-state index contributed by atoms with van der Waals surface area (Å²) in [5.74, 6) is 0.0528. The van der Waals surface area contributed by atoms with E-state index in [0.717, 1.165) is 16.8 Å². The van der Waals surface area contributed by atoms with Gasteiger partial charge < -0.3 is 9.64 Å². The van der Waals surface area contributed by atoms with Gasteiger partial charge in [0.15, 0.2) is 0 Å². The number of anilines is 1. The molecule has 2 heterocycles. The van der Waals surface area contributed by atoms with Crippen molar-refractivity contribution in [3.05, 3.63) is 59.7 Å². The molecule has 2 aliphatic heterocycles. The molecule has 0 spiro atoms. The van der Waals surface area contributed by atoms with Crippen LogP contribution in [-0.4, -0.2) is 45.4 Å². The molecule has 0 aromatic heterocycles. The van der Waals surface area contributed by atoms with E-state index >= 15 is 0 Å².